The molecule has 0 bridgehead atoms. The molecule has 180 valence electrons. The molecule has 2 saturated heterocycles. The Balaban J connectivity index is 1.24. The Morgan fingerprint density at radius 3 is 2.62 bits per heavy atom. The highest BCUT2D eigenvalue weighted by Gasteiger charge is 2.43. The molecule has 0 saturated carbocycles. The summed E-state index contributed by atoms with van der Waals surface area (Å²) in [5.41, 5.74) is 1.72. The van der Waals surface area contributed by atoms with E-state index >= 15 is 0 Å². The lowest BCUT2D eigenvalue weighted by Crippen LogP contribution is -2.58. The van der Waals surface area contributed by atoms with Gasteiger partial charge in [0.2, 0.25) is 11.8 Å². The van der Waals surface area contributed by atoms with Gasteiger partial charge >= 0.3 is 6.03 Å². The molecule has 0 aliphatic carbocycles. The molecule has 2 aliphatic rings. The van der Waals surface area contributed by atoms with E-state index in [-0.39, 0.29) is 36.0 Å². The Hall–Kier alpha value is -3.59. The molecular formula is C25H31N5O4. The number of ether oxygens (including phenoxy) is 1. The Labute approximate surface area is 199 Å². The number of piperazine rings is 1. The molecule has 2 aromatic carbocycles. The fourth-order valence-corrected chi connectivity index (χ4v) is 4.55. The van der Waals surface area contributed by atoms with E-state index in [0.717, 1.165) is 11.3 Å². The minimum atomic E-state index is -0.289. The second-order valence-electron chi connectivity index (χ2n) is 8.67. The minimum absolute atomic E-state index is 0.0204. The number of amides is 4. The van der Waals surface area contributed by atoms with Crippen LogP contribution in [0.25, 0.3) is 0 Å². The van der Waals surface area contributed by atoms with Crippen LogP contribution in [-0.2, 0) is 16.1 Å². The van der Waals surface area contributed by atoms with Crippen molar-refractivity contribution in [1.29, 1.82) is 0 Å². The van der Waals surface area contributed by atoms with Crippen LogP contribution in [0.5, 0.6) is 5.75 Å². The third kappa shape index (κ3) is 6.05. The third-order valence-electron chi connectivity index (χ3n) is 6.34. The number of nitrogens with one attached hydrogen (secondary N) is 4. The van der Waals surface area contributed by atoms with Crippen LogP contribution in [0.15, 0.2) is 54.6 Å². The molecule has 0 radical (unpaired) electrons. The number of para-hydroxylation sites is 1. The van der Waals surface area contributed by atoms with Crippen LogP contribution in [0.4, 0.5) is 10.5 Å². The molecule has 4 amide bonds. The van der Waals surface area contributed by atoms with Gasteiger partial charge in [-0.25, -0.2) is 4.79 Å². The number of nitrogens with zero attached hydrogens (tertiary/aromatic N) is 1. The Morgan fingerprint density at radius 1 is 1.12 bits per heavy atom. The molecule has 0 spiro atoms. The Kier molecular flexibility index (Phi) is 7.64. The van der Waals surface area contributed by atoms with Crippen LogP contribution in [-0.4, -0.2) is 61.1 Å². The third-order valence-corrected chi connectivity index (χ3v) is 6.34. The lowest BCUT2D eigenvalue weighted by molar-refractivity contribution is -0.129. The van der Waals surface area contributed by atoms with Gasteiger partial charge in [-0.1, -0.05) is 30.3 Å². The first-order valence-corrected chi connectivity index (χ1v) is 11.6. The van der Waals surface area contributed by atoms with Crippen LogP contribution in [0.1, 0.15) is 24.8 Å². The number of urea groups is 1. The molecule has 9 heteroatoms. The summed E-state index contributed by atoms with van der Waals surface area (Å²) in [6.45, 7) is 1.54. The lowest BCUT2D eigenvalue weighted by atomic mass is 10.0. The predicted octanol–water partition coefficient (Wildman–Crippen LogP) is 1.85. The van der Waals surface area contributed by atoms with Gasteiger partial charge in [0.15, 0.2) is 0 Å². The monoisotopic (exact) mass is 465 g/mol. The van der Waals surface area contributed by atoms with Crippen molar-refractivity contribution in [3.05, 3.63) is 60.2 Å². The van der Waals surface area contributed by atoms with Crippen molar-refractivity contribution >= 4 is 23.5 Å². The quantitative estimate of drug-likeness (QED) is 0.476. The van der Waals surface area contributed by atoms with Gasteiger partial charge in [-0.2, -0.15) is 0 Å². The maximum atomic E-state index is 12.4. The molecule has 2 heterocycles. The van der Waals surface area contributed by atoms with Crippen LogP contribution in [0.2, 0.25) is 0 Å². The molecule has 4 N–H and O–H groups in total. The van der Waals surface area contributed by atoms with E-state index in [1.165, 1.54) is 0 Å². The smallest absolute Gasteiger partial charge is 0.319 e. The van der Waals surface area contributed by atoms with Crippen molar-refractivity contribution in [3.8, 4) is 5.75 Å². The maximum absolute atomic E-state index is 12.4. The van der Waals surface area contributed by atoms with Crippen molar-refractivity contribution in [2.45, 2.75) is 43.9 Å². The first-order chi connectivity index (χ1) is 16.5. The van der Waals surface area contributed by atoms with Crippen molar-refractivity contribution in [2.24, 2.45) is 0 Å². The highest BCUT2D eigenvalue weighted by atomic mass is 16.5. The van der Waals surface area contributed by atoms with Gasteiger partial charge in [0, 0.05) is 43.8 Å². The zero-order valence-electron chi connectivity index (χ0n) is 19.3. The van der Waals surface area contributed by atoms with Crippen molar-refractivity contribution in [2.75, 3.05) is 25.5 Å². The number of fused-ring (bicyclic) bond motifs is 1. The number of rotatable bonds is 8. The summed E-state index contributed by atoms with van der Waals surface area (Å²) in [6.07, 6.45) is 1.55. The molecule has 4 rings (SSSR count). The molecule has 2 aliphatic heterocycles. The topological polar surface area (TPSA) is 112 Å². The zero-order valence-corrected chi connectivity index (χ0v) is 19.3. The van der Waals surface area contributed by atoms with Gasteiger partial charge in [-0.15, -0.1) is 0 Å². The summed E-state index contributed by atoms with van der Waals surface area (Å²) in [6, 6.07) is 16.2. The van der Waals surface area contributed by atoms with E-state index in [4.69, 9.17) is 4.74 Å². The number of anilines is 1. The SMILES string of the molecule is COc1ccc(CNC(=O)CCC2CNC(=O)C3CC(NC(=O)Nc4ccccc4)CN23)cc1. The van der Waals surface area contributed by atoms with Gasteiger partial charge in [-0.3, -0.25) is 14.5 Å². The number of benzene rings is 2. The summed E-state index contributed by atoms with van der Waals surface area (Å²) >= 11 is 0. The number of carbonyl (C=O) groups excluding carboxylic acids is 3. The fraction of sp³-hybridized carbons (Fsp3) is 0.400. The predicted molar refractivity (Wildman–Crippen MR) is 128 cm³/mol. The van der Waals surface area contributed by atoms with Crippen molar-refractivity contribution < 1.29 is 19.1 Å². The fourth-order valence-electron chi connectivity index (χ4n) is 4.55. The molecule has 2 aromatic rings. The van der Waals surface area contributed by atoms with Gasteiger partial charge < -0.3 is 26.0 Å². The van der Waals surface area contributed by atoms with E-state index in [9.17, 15) is 14.4 Å². The Bertz CT molecular complexity index is 998. The highest BCUT2D eigenvalue weighted by Crippen LogP contribution is 2.26. The average Bonchev–Trinajstić information content (AvgIpc) is 3.27. The number of hydrogen-bond donors (Lipinski definition) is 4. The molecule has 3 atom stereocenters. The molecule has 3 unspecified atom stereocenters. The standard InChI is InChI=1S/C25H31N5O4/c1-34-21-10-7-17(8-11-21)14-26-23(31)12-9-20-15-27-24(32)22-13-19(16-30(20)22)29-25(33)28-18-5-3-2-4-6-18/h2-8,10-11,19-20,22H,9,12-16H2,1H3,(H,26,31)(H,27,32)(H2,28,29,33). The van der Waals surface area contributed by atoms with Gasteiger partial charge in [0.25, 0.3) is 0 Å². The zero-order chi connectivity index (χ0) is 23.9. The largest absolute Gasteiger partial charge is 0.497 e. The summed E-state index contributed by atoms with van der Waals surface area (Å²) in [5, 5.41) is 11.7. The van der Waals surface area contributed by atoms with Crippen LogP contribution in [0.3, 0.4) is 0 Å². The maximum Gasteiger partial charge on any atom is 0.319 e. The molecule has 2 fully saturated rings. The van der Waals surface area contributed by atoms with E-state index in [2.05, 4.69) is 26.2 Å². The lowest BCUT2D eigenvalue weighted by Gasteiger charge is -2.37. The molecule has 9 nitrogen and oxygen atoms in total. The number of hydrogen-bond acceptors (Lipinski definition) is 5. The van der Waals surface area contributed by atoms with Gasteiger partial charge in [0.1, 0.15) is 5.75 Å². The first-order valence-electron chi connectivity index (χ1n) is 11.6. The van der Waals surface area contributed by atoms with Gasteiger partial charge in [0.05, 0.1) is 13.2 Å². The minimum Gasteiger partial charge on any atom is -0.497 e. The summed E-state index contributed by atoms with van der Waals surface area (Å²) in [5.74, 6) is 0.730. The van der Waals surface area contributed by atoms with E-state index in [1.54, 1.807) is 7.11 Å². The van der Waals surface area contributed by atoms with Crippen molar-refractivity contribution in [3.63, 3.8) is 0 Å². The van der Waals surface area contributed by atoms with Gasteiger partial charge in [-0.05, 0) is 42.7 Å². The van der Waals surface area contributed by atoms with E-state index in [1.807, 2.05) is 54.6 Å². The molecular weight excluding hydrogens is 434 g/mol. The molecule has 0 aromatic heterocycles. The second kappa shape index (κ2) is 11.0. The normalized spacial score (nSPS) is 21.8. The van der Waals surface area contributed by atoms with E-state index < -0.39 is 0 Å². The van der Waals surface area contributed by atoms with E-state index in [0.29, 0.717) is 44.6 Å². The summed E-state index contributed by atoms with van der Waals surface area (Å²) < 4.78 is 5.15. The number of methoxy groups -OCH3 is 1. The van der Waals surface area contributed by atoms with Crippen molar-refractivity contribution in [1.82, 2.24) is 20.9 Å². The van der Waals surface area contributed by atoms with Crippen LogP contribution in [0, 0.1) is 0 Å². The second-order valence-corrected chi connectivity index (χ2v) is 8.67. The molecule has 34 heavy (non-hydrogen) atoms. The highest BCUT2D eigenvalue weighted by molar-refractivity contribution is 5.89. The average molecular weight is 466 g/mol. The van der Waals surface area contributed by atoms with Crippen LogP contribution < -0.4 is 26.0 Å². The number of carbonyl (C=O) groups is 3. The summed E-state index contributed by atoms with van der Waals surface area (Å²) in [4.78, 5) is 39.3. The Morgan fingerprint density at radius 2 is 1.88 bits per heavy atom. The van der Waals surface area contributed by atoms with Crippen LogP contribution >= 0.6 is 0 Å². The first kappa shape index (κ1) is 23.6. The summed E-state index contributed by atoms with van der Waals surface area (Å²) in [7, 11) is 1.62.